The molecule has 2 aromatic heterocycles. The molecule has 3 aromatic rings. The number of benzene rings is 1. The van der Waals surface area contributed by atoms with Crippen LogP contribution < -0.4 is 4.74 Å². The van der Waals surface area contributed by atoms with E-state index in [2.05, 4.69) is 0 Å². The highest BCUT2D eigenvalue weighted by atomic mass is 16.5. The van der Waals surface area contributed by atoms with E-state index in [0.29, 0.717) is 17.3 Å². The van der Waals surface area contributed by atoms with Crippen LogP contribution in [-0.4, -0.2) is 28.9 Å². The number of aromatic carboxylic acids is 1. The molecular formula is C22H23NO6. The molecule has 1 aromatic carbocycles. The number of amides is 1. The summed E-state index contributed by atoms with van der Waals surface area (Å²) in [6.45, 7) is 5.90. The highest BCUT2D eigenvalue weighted by Crippen LogP contribution is 2.21. The molecule has 29 heavy (non-hydrogen) atoms. The SMILES string of the molecule is Cc1ccc(OCc2ccc(C(=O)N(C)Cc3cc(C(=O)O)c(C)o3)o2)c(C)c1. The van der Waals surface area contributed by atoms with Gasteiger partial charge in [0.25, 0.3) is 5.91 Å². The van der Waals surface area contributed by atoms with Crippen molar-refractivity contribution in [3.63, 3.8) is 0 Å². The minimum atomic E-state index is -1.06. The Morgan fingerprint density at radius 1 is 1.03 bits per heavy atom. The topological polar surface area (TPSA) is 93.1 Å². The van der Waals surface area contributed by atoms with Crippen LogP contribution in [0.5, 0.6) is 5.75 Å². The van der Waals surface area contributed by atoms with Gasteiger partial charge < -0.3 is 23.6 Å². The number of carboxylic acids is 1. The molecule has 0 bridgehead atoms. The first-order valence-corrected chi connectivity index (χ1v) is 9.11. The molecule has 1 amide bonds. The number of furan rings is 2. The summed E-state index contributed by atoms with van der Waals surface area (Å²) >= 11 is 0. The Kier molecular flexibility index (Phi) is 5.77. The Labute approximate surface area is 168 Å². The second kappa shape index (κ2) is 8.26. The van der Waals surface area contributed by atoms with Gasteiger partial charge in [-0.05, 0) is 50.6 Å². The van der Waals surface area contributed by atoms with E-state index >= 15 is 0 Å². The van der Waals surface area contributed by atoms with Crippen LogP contribution in [0.1, 0.15) is 49.3 Å². The average molecular weight is 397 g/mol. The van der Waals surface area contributed by atoms with E-state index in [0.717, 1.165) is 16.9 Å². The lowest BCUT2D eigenvalue weighted by Crippen LogP contribution is -2.25. The molecule has 1 N–H and O–H groups in total. The van der Waals surface area contributed by atoms with Gasteiger partial charge in [-0.25, -0.2) is 4.79 Å². The van der Waals surface area contributed by atoms with E-state index in [1.54, 1.807) is 26.1 Å². The summed E-state index contributed by atoms with van der Waals surface area (Å²) in [5.41, 5.74) is 2.28. The fourth-order valence-electron chi connectivity index (χ4n) is 3.01. The third-order valence-electron chi connectivity index (χ3n) is 4.51. The molecule has 0 spiro atoms. The summed E-state index contributed by atoms with van der Waals surface area (Å²) in [6, 6.07) is 10.6. The number of carbonyl (C=O) groups excluding carboxylic acids is 1. The average Bonchev–Trinajstić information content (AvgIpc) is 3.27. The summed E-state index contributed by atoms with van der Waals surface area (Å²) in [4.78, 5) is 25.1. The zero-order valence-electron chi connectivity index (χ0n) is 16.8. The number of carbonyl (C=O) groups is 2. The molecule has 0 aliphatic heterocycles. The summed E-state index contributed by atoms with van der Waals surface area (Å²) in [5.74, 6) is 0.758. The maximum Gasteiger partial charge on any atom is 0.339 e. The summed E-state index contributed by atoms with van der Waals surface area (Å²) < 4.78 is 16.8. The van der Waals surface area contributed by atoms with Crippen LogP contribution >= 0.6 is 0 Å². The molecule has 0 aliphatic carbocycles. The minimum Gasteiger partial charge on any atom is -0.485 e. The van der Waals surface area contributed by atoms with Gasteiger partial charge in [-0.15, -0.1) is 0 Å². The third-order valence-corrected chi connectivity index (χ3v) is 4.51. The molecule has 0 saturated carbocycles. The Morgan fingerprint density at radius 2 is 1.79 bits per heavy atom. The maximum absolute atomic E-state index is 12.6. The zero-order valence-corrected chi connectivity index (χ0v) is 16.8. The normalized spacial score (nSPS) is 10.8. The summed E-state index contributed by atoms with van der Waals surface area (Å²) in [6.07, 6.45) is 0. The van der Waals surface area contributed by atoms with Crippen LogP contribution in [0, 0.1) is 20.8 Å². The smallest absolute Gasteiger partial charge is 0.339 e. The first kappa shape index (κ1) is 20.3. The number of aryl methyl sites for hydroxylation is 3. The molecule has 152 valence electrons. The van der Waals surface area contributed by atoms with E-state index in [1.165, 1.54) is 11.0 Å². The molecular weight excluding hydrogens is 374 g/mol. The van der Waals surface area contributed by atoms with Crippen molar-refractivity contribution in [2.75, 3.05) is 7.05 Å². The number of hydrogen-bond donors (Lipinski definition) is 1. The first-order valence-electron chi connectivity index (χ1n) is 9.11. The number of carboxylic acid groups (broad SMARTS) is 1. The predicted molar refractivity (Wildman–Crippen MR) is 105 cm³/mol. The van der Waals surface area contributed by atoms with Gasteiger partial charge in [-0.3, -0.25) is 4.79 Å². The zero-order chi connectivity index (χ0) is 21.1. The van der Waals surface area contributed by atoms with Gasteiger partial charge in [-0.2, -0.15) is 0 Å². The Morgan fingerprint density at radius 3 is 2.45 bits per heavy atom. The van der Waals surface area contributed by atoms with E-state index in [1.807, 2.05) is 32.0 Å². The quantitative estimate of drug-likeness (QED) is 0.637. The van der Waals surface area contributed by atoms with Crippen LogP contribution in [-0.2, 0) is 13.2 Å². The van der Waals surface area contributed by atoms with E-state index in [9.17, 15) is 9.59 Å². The highest BCUT2D eigenvalue weighted by Gasteiger charge is 2.20. The lowest BCUT2D eigenvalue weighted by atomic mass is 10.1. The maximum atomic E-state index is 12.6. The number of nitrogens with zero attached hydrogens (tertiary/aromatic N) is 1. The van der Waals surface area contributed by atoms with Gasteiger partial charge in [0.05, 0.1) is 6.54 Å². The lowest BCUT2D eigenvalue weighted by Gasteiger charge is -2.14. The van der Waals surface area contributed by atoms with Crippen molar-refractivity contribution in [3.05, 3.63) is 76.1 Å². The molecule has 3 rings (SSSR count). The molecule has 0 aliphatic rings. The molecule has 2 heterocycles. The number of hydrogen-bond acceptors (Lipinski definition) is 5. The van der Waals surface area contributed by atoms with Gasteiger partial charge in [0.15, 0.2) is 5.76 Å². The molecule has 0 radical (unpaired) electrons. The standard InChI is InChI=1S/C22H23NO6/c1-13-5-7-19(14(2)9-13)27-12-16-6-8-20(29-16)21(24)23(4)11-17-10-18(22(25)26)15(3)28-17/h5-10H,11-12H2,1-4H3,(H,25,26). The van der Waals surface area contributed by atoms with Gasteiger partial charge >= 0.3 is 5.97 Å². The fraction of sp³-hybridized carbons (Fsp3) is 0.273. The van der Waals surface area contributed by atoms with E-state index < -0.39 is 5.97 Å². The van der Waals surface area contributed by atoms with Crippen LogP contribution in [0.4, 0.5) is 0 Å². The fourth-order valence-corrected chi connectivity index (χ4v) is 3.01. The van der Waals surface area contributed by atoms with Gasteiger partial charge in [0, 0.05) is 7.05 Å². The molecule has 0 fully saturated rings. The van der Waals surface area contributed by atoms with Crippen LogP contribution in [0.15, 0.2) is 45.2 Å². The molecule has 7 heteroatoms. The summed E-state index contributed by atoms with van der Waals surface area (Å²) in [7, 11) is 1.59. The molecule has 0 unspecified atom stereocenters. The second-order valence-electron chi connectivity index (χ2n) is 6.97. The minimum absolute atomic E-state index is 0.0877. The molecule has 0 atom stereocenters. The van der Waals surface area contributed by atoms with Crippen LogP contribution in [0.25, 0.3) is 0 Å². The van der Waals surface area contributed by atoms with Crippen molar-refractivity contribution >= 4 is 11.9 Å². The van der Waals surface area contributed by atoms with Crippen LogP contribution in [0.3, 0.4) is 0 Å². The van der Waals surface area contributed by atoms with Gasteiger partial charge in [0.2, 0.25) is 0 Å². The Bertz CT molecular complexity index is 1050. The molecule has 0 saturated heterocycles. The van der Waals surface area contributed by atoms with Crippen molar-refractivity contribution in [2.24, 2.45) is 0 Å². The van der Waals surface area contributed by atoms with E-state index in [4.69, 9.17) is 18.7 Å². The highest BCUT2D eigenvalue weighted by molar-refractivity contribution is 5.91. The lowest BCUT2D eigenvalue weighted by molar-refractivity contribution is 0.0693. The van der Waals surface area contributed by atoms with E-state index in [-0.39, 0.29) is 30.4 Å². The largest absolute Gasteiger partial charge is 0.485 e. The number of ether oxygens (including phenoxy) is 1. The Balaban J connectivity index is 1.62. The monoisotopic (exact) mass is 397 g/mol. The summed E-state index contributed by atoms with van der Waals surface area (Å²) in [5, 5.41) is 9.10. The number of rotatable bonds is 7. The van der Waals surface area contributed by atoms with Crippen molar-refractivity contribution in [1.82, 2.24) is 4.90 Å². The third kappa shape index (κ3) is 4.68. The van der Waals surface area contributed by atoms with Crippen molar-refractivity contribution in [2.45, 2.75) is 33.9 Å². The predicted octanol–water partition coefficient (Wildman–Crippen LogP) is 4.35. The first-order chi connectivity index (χ1) is 13.7. The second-order valence-corrected chi connectivity index (χ2v) is 6.97. The Hall–Kier alpha value is -3.48. The van der Waals surface area contributed by atoms with Crippen molar-refractivity contribution in [3.8, 4) is 5.75 Å². The molecule has 7 nitrogen and oxygen atoms in total. The van der Waals surface area contributed by atoms with Gasteiger partial charge in [-0.1, -0.05) is 17.7 Å². The van der Waals surface area contributed by atoms with Crippen molar-refractivity contribution < 1.29 is 28.3 Å². The van der Waals surface area contributed by atoms with Gasteiger partial charge in [0.1, 0.15) is 35.2 Å². The van der Waals surface area contributed by atoms with Crippen molar-refractivity contribution in [1.29, 1.82) is 0 Å². The van der Waals surface area contributed by atoms with Crippen LogP contribution in [0.2, 0.25) is 0 Å².